The summed E-state index contributed by atoms with van der Waals surface area (Å²) < 4.78 is 0. The van der Waals surface area contributed by atoms with Gasteiger partial charge >= 0.3 is 0 Å². The van der Waals surface area contributed by atoms with Gasteiger partial charge in [0.25, 0.3) is 0 Å². The molecule has 5 atom stereocenters. The van der Waals surface area contributed by atoms with Gasteiger partial charge in [-0.1, -0.05) is 29.8 Å². The van der Waals surface area contributed by atoms with Crippen LogP contribution in [0.4, 0.5) is 0 Å². The first-order valence-electron chi connectivity index (χ1n) is 7.41. The van der Waals surface area contributed by atoms with E-state index in [2.05, 4.69) is 5.32 Å². The maximum atomic E-state index is 10.2. The number of halogens is 1. The van der Waals surface area contributed by atoms with Gasteiger partial charge in [0.1, 0.15) is 0 Å². The number of hydrogen-bond donors (Lipinski definition) is 2. The van der Waals surface area contributed by atoms with Crippen LogP contribution in [0.25, 0.3) is 0 Å². The van der Waals surface area contributed by atoms with Crippen LogP contribution in [0.2, 0.25) is 5.02 Å². The summed E-state index contributed by atoms with van der Waals surface area (Å²) in [6, 6.07) is 8.24. The number of nitrogens with one attached hydrogen (secondary N) is 1. The fourth-order valence-electron chi connectivity index (χ4n) is 4.70. The normalized spacial score (nSPS) is 40.2. The van der Waals surface area contributed by atoms with Crippen LogP contribution in [0.5, 0.6) is 0 Å². The van der Waals surface area contributed by atoms with Crippen molar-refractivity contribution < 1.29 is 5.11 Å². The van der Waals surface area contributed by atoms with Gasteiger partial charge in [0.05, 0.1) is 6.10 Å². The zero-order chi connectivity index (χ0) is 13.0. The molecular formula is C16H20ClNO. The van der Waals surface area contributed by atoms with Gasteiger partial charge in [-0.2, -0.15) is 0 Å². The highest BCUT2D eigenvalue weighted by Gasteiger charge is 2.64. The topological polar surface area (TPSA) is 32.3 Å². The van der Waals surface area contributed by atoms with Crippen molar-refractivity contribution in [2.45, 2.75) is 31.4 Å². The Bertz CT molecular complexity index is 475. The Morgan fingerprint density at radius 3 is 2.58 bits per heavy atom. The van der Waals surface area contributed by atoms with Gasteiger partial charge in [-0.15, -0.1) is 0 Å². The summed E-state index contributed by atoms with van der Waals surface area (Å²) in [5.41, 5.74) is 0.838. The van der Waals surface area contributed by atoms with Crippen LogP contribution in [0, 0.1) is 23.7 Å². The molecule has 0 amide bonds. The molecule has 0 heterocycles. The SMILES string of the molecule is OC(CNC1C2C3CCC(C3)C12)c1ccccc1Cl. The van der Waals surface area contributed by atoms with Gasteiger partial charge in [-0.3, -0.25) is 0 Å². The number of fused-ring (bicyclic) bond motifs is 5. The fraction of sp³-hybridized carbons (Fsp3) is 0.625. The van der Waals surface area contributed by atoms with Crippen LogP contribution in [0.3, 0.4) is 0 Å². The number of aliphatic hydroxyl groups is 1. The Morgan fingerprint density at radius 1 is 1.21 bits per heavy atom. The first-order valence-corrected chi connectivity index (χ1v) is 7.79. The average Bonchev–Trinajstić information content (AvgIpc) is 2.80. The molecule has 5 unspecified atom stereocenters. The molecule has 3 aliphatic carbocycles. The van der Waals surface area contributed by atoms with E-state index in [1.54, 1.807) is 0 Å². The van der Waals surface area contributed by atoms with E-state index in [0.717, 1.165) is 29.2 Å². The van der Waals surface area contributed by atoms with Crippen LogP contribution in [-0.2, 0) is 0 Å². The van der Waals surface area contributed by atoms with Crippen molar-refractivity contribution in [2.24, 2.45) is 23.7 Å². The van der Waals surface area contributed by atoms with E-state index in [9.17, 15) is 5.11 Å². The summed E-state index contributed by atoms with van der Waals surface area (Å²) in [4.78, 5) is 0. The molecule has 1 aromatic carbocycles. The Balaban J connectivity index is 1.35. The average molecular weight is 278 g/mol. The van der Waals surface area contributed by atoms with E-state index < -0.39 is 6.10 Å². The molecule has 19 heavy (non-hydrogen) atoms. The highest BCUT2D eigenvalue weighted by molar-refractivity contribution is 6.31. The smallest absolute Gasteiger partial charge is 0.0928 e. The van der Waals surface area contributed by atoms with Crippen LogP contribution in [0.1, 0.15) is 30.9 Å². The van der Waals surface area contributed by atoms with E-state index in [0.29, 0.717) is 17.6 Å². The highest BCUT2D eigenvalue weighted by Crippen LogP contribution is 2.65. The second-order valence-electron chi connectivity index (χ2n) is 6.46. The largest absolute Gasteiger partial charge is 0.387 e. The molecule has 3 saturated carbocycles. The lowest BCUT2D eigenvalue weighted by Crippen LogP contribution is -2.28. The van der Waals surface area contributed by atoms with E-state index >= 15 is 0 Å². The van der Waals surface area contributed by atoms with E-state index in [1.807, 2.05) is 24.3 Å². The molecule has 0 aliphatic heterocycles. The lowest BCUT2D eigenvalue weighted by atomic mass is 10.0. The maximum absolute atomic E-state index is 10.2. The molecule has 1 aromatic rings. The maximum Gasteiger partial charge on any atom is 0.0928 e. The van der Waals surface area contributed by atoms with Crippen LogP contribution < -0.4 is 5.32 Å². The Hall–Kier alpha value is -0.570. The third kappa shape index (κ3) is 1.93. The summed E-state index contributed by atoms with van der Waals surface area (Å²) in [5.74, 6) is 3.78. The van der Waals surface area contributed by atoms with Crippen molar-refractivity contribution >= 4 is 11.6 Å². The van der Waals surface area contributed by atoms with E-state index in [-0.39, 0.29) is 0 Å². The highest BCUT2D eigenvalue weighted by atomic mass is 35.5. The minimum atomic E-state index is -0.493. The van der Waals surface area contributed by atoms with Gasteiger partial charge in [0.2, 0.25) is 0 Å². The zero-order valence-electron chi connectivity index (χ0n) is 10.9. The molecule has 102 valence electrons. The molecule has 3 aliphatic rings. The van der Waals surface area contributed by atoms with Crippen LogP contribution >= 0.6 is 11.6 Å². The summed E-state index contributed by atoms with van der Waals surface area (Å²) in [6.07, 6.45) is 3.86. The van der Waals surface area contributed by atoms with Crippen molar-refractivity contribution in [1.82, 2.24) is 5.32 Å². The van der Waals surface area contributed by atoms with Gasteiger partial charge in [-0.25, -0.2) is 0 Å². The molecule has 0 saturated heterocycles. The molecule has 0 spiro atoms. The van der Waals surface area contributed by atoms with Gasteiger partial charge < -0.3 is 10.4 Å². The first kappa shape index (κ1) is 12.2. The van der Waals surface area contributed by atoms with Gasteiger partial charge in [0.15, 0.2) is 0 Å². The lowest BCUT2D eigenvalue weighted by Gasteiger charge is -2.15. The Morgan fingerprint density at radius 2 is 1.89 bits per heavy atom. The standard InChI is InChI=1S/C16H20ClNO/c17-12-4-2-1-3-11(12)13(19)8-18-16-14-9-5-6-10(7-9)15(14)16/h1-4,9-10,13-16,18-19H,5-8H2. The predicted octanol–water partition coefficient (Wildman–Crippen LogP) is 3.01. The zero-order valence-corrected chi connectivity index (χ0v) is 11.7. The van der Waals surface area contributed by atoms with Crippen LogP contribution in [0.15, 0.2) is 24.3 Å². The quantitative estimate of drug-likeness (QED) is 0.887. The summed E-state index contributed by atoms with van der Waals surface area (Å²) >= 11 is 6.11. The van der Waals surface area contributed by atoms with E-state index in [4.69, 9.17) is 11.6 Å². The van der Waals surface area contributed by atoms with Gasteiger partial charge in [-0.05, 0) is 49.0 Å². The Labute approximate surface area is 119 Å². The molecule has 2 bridgehead atoms. The monoisotopic (exact) mass is 277 g/mol. The molecule has 0 radical (unpaired) electrons. The Kier molecular flexibility index (Phi) is 2.87. The number of hydrogen-bond acceptors (Lipinski definition) is 2. The number of rotatable bonds is 4. The minimum absolute atomic E-state index is 0.493. The van der Waals surface area contributed by atoms with Crippen molar-refractivity contribution in [1.29, 1.82) is 0 Å². The lowest BCUT2D eigenvalue weighted by molar-refractivity contribution is 0.172. The van der Waals surface area contributed by atoms with Crippen molar-refractivity contribution in [3.8, 4) is 0 Å². The molecule has 2 N–H and O–H groups in total. The summed E-state index contributed by atoms with van der Waals surface area (Å²) in [6.45, 7) is 0.626. The van der Waals surface area contributed by atoms with Crippen LogP contribution in [-0.4, -0.2) is 17.7 Å². The fourth-order valence-corrected chi connectivity index (χ4v) is 4.96. The molecule has 4 rings (SSSR count). The third-order valence-electron chi connectivity index (χ3n) is 5.55. The number of aliphatic hydroxyl groups excluding tert-OH is 1. The molecule has 2 nitrogen and oxygen atoms in total. The second kappa shape index (κ2) is 4.47. The minimum Gasteiger partial charge on any atom is -0.387 e. The third-order valence-corrected chi connectivity index (χ3v) is 5.89. The molecule has 0 aromatic heterocycles. The number of benzene rings is 1. The van der Waals surface area contributed by atoms with Crippen molar-refractivity contribution in [3.63, 3.8) is 0 Å². The van der Waals surface area contributed by atoms with Gasteiger partial charge in [0, 0.05) is 23.2 Å². The van der Waals surface area contributed by atoms with E-state index in [1.165, 1.54) is 19.3 Å². The summed E-state index contributed by atoms with van der Waals surface area (Å²) in [7, 11) is 0. The molecule has 3 heteroatoms. The van der Waals surface area contributed by atoms with Crippen molar-refractivity contribution in [2.75, 3.05) is 6.54 Å². The second-order valence-corrected chi connectivity index (χ2v) is 6.87. The summed E-state index contributed by atoms with van der Waals surface area (Å²) in [5, 5.41) is 14.5. The molecular weight excluding hydrogens is 258 g/mol. The molecule has 3 fully saturated rings. The first-order chi connectivity index (χ1) is 9.25. The van der Waals surface area contributed by atoms with Crippen molar-refractivity contribution in [3.05, 3.63) is 34.9 Å². The predicted molar refractivity (Wildman–Crippen MR) is 76.0 cm³/mol.